The minimum absolute atomic E-state index is 0.204. The molecule has 0 radical (unpaired) electrons. The number of halogens is 1. The van der Waals surface area contributed by atoms with Gasteiger partial charge >= 0.3 is 5.97 Å². The number of rotatable bonds is 6. The second-order valence-corrected chi connectivity index (χ2v) is 8.91. The largest absolute Gasteiger partial charge is 0.493 e. The van der Waals surface area contributed by atoms with Gasteiger partial charge in [0.1, 0.15) is 0 Å². The zero-order valence-corrected chi connectivity index (χ0v) is 20.7. The lowest BCUT2D eigenvalue weighted by Gasteiger charge is -2.25. The Morgan fingerprint density at radius 2 is 1.85 bits per heavy atom. The van der Waals surface area contributed by atoms with Crippen LogP contribution < -0.4 is 24.4 Å². The summed E-state index contributed by atoms with van der Waals surface area (Å²) in [6.45, 7) is 3.69. The summed E-state index contributed by atoms with van der Waals surface area (Å²) in [6, 6.07) is 11.8. The number of fused-ring (bicyclic) bond motifs is 1. The summed E-state index contributed by atoms with van der Waals surface area (Å²) in [7, 11) is 3.08. The van der Waals surface area contributed by atoms with Crippen molar-refractivity contribution < 1.29 is 19.0 Å². The number of methoxy groups -OCH3 is 2. The highest BCUT2D eigenvalue weighted by molar-refractivity contribution is 7.07. The van der Waals surface area contributed by atoms with Crippen LogP contribution in [0.3, 0.4) is 0 Å². The van der Waals surface area contributed by atoms with Crippen molar-refractivity contribution in [3.8, 4) is 11.5 Å². The quantitative estimate of drug-likeness (QED) is 0.486. The first-order chi connectivity index (χ1) is 16.4. The maximum atomic E-state index is 13.6. The maximum absolute atomic E-state index is 13.6. The van der Waals surface area contributed by atoms with Gasteiger partial charge in [0, 0.05) is 5.02 Å². The van der Waals surface area contributed by atoms with Crippen molar-refractivity contribution in [2.45, 2.75) is 19.9 Å². The number of esters is 1. The fraction of sp³-hybridized carbons (Fsp3) is 0.240. The van der Waals surface area contributed by atoms with Gasteiger partial charge in [-0.1, -0.05) is 41.1 Å². The molecule has 4 rings (SSSR count). The van der Waals surface area contributed by atoms with Gasteiger partial charge in [-0.05, 0) is 55.3 Å². The first kappa shape index (κ1) is 23.8. The van der Waals surface area contributed by atoms with E-state index in [1.807, 2.05) is 12.1 Å². The first-order valence-electron chi connectivity index (χ1n) is 10.5. The summed E-state index contributed by atoms with van der Waals surface area (Å²) >= 11 is 7.25. The molecule has 3 aromatic rings. The molecule has 34 heavy (non-hydrogen) atoms. The second-order valence-electron chi connectivity index (χ2n) is 7.47. The highest BCUT2D eigenvalue weighted by Crippen LogP contribution is 2.36. The minimum Gasteiger partial charge on any atom is -0.493 e. The van der Waals surface area contributed by atoms with Crippen LogP contribution in [0.2, 0.25) is 5.02 Å². The first-order valence-corrected chi connectivity index (χ1v) is 11.7. The molecule has 0 fully saturated rings. The van der Waals surface area contributed by atoms with E-state index in [0.29, 0.717) is 42.7 Å². The fourth-order valence-electron chi connectivity index (χ4n) is 3.84. The molecular weight excluding hydrogens is 476 g/mol. The van der Waals surface area contributed by atoms with Gasteiger partial charge in [-0.25, -0.2) is 9.79 Å². The molecule has 1 aliphatic rings. The Balaban J connectivity index is 1.96. The monoisotopic (exact) mass is 498 g/mol. The number of ether oxygens (including phenoxy) is 3. The van der Waals surface area contributed by atoms with Crippen LogP contribution in [0.4, 0.5) is 0 Å². The molecule has 1 atom stereocenters. The van der Waals surface area contributed by atoms with E-state index in [2.05, 4.69) is 4.99 Å². The molecule has 1 aromatic heterocycles. The molecule has 2 heterocycles. The van der Waals surface area contributed by atoms with E-state index >= 15 is 0 Å². The summed E-state index contributed by atoms with van der Waals surface area (Å²) < 4.78 is 18.2. The van der Waals surface area contributed by atoms with E-state index in [-0.39, 0.29) is 12.2 Å². The topological polar surface area (TPSA) is 79.1 Å². The number of aromatic nitrogens is 1. The molecule has 0 saturated carbocycles. The van der Waals surface area contributed by atoms with Crippen molar-refractivity contribution in [2.75, 3.05) is 20.8 Å². The molecule has 1 unspecified atom stereocenters. The number of allylic oxidation sites excluding steroid dienone is 1. The predicted molar refractivity (Wildman–Crippen MR) is 131 cm³/mol. The molecule has 2 aromatic carbocycles. The Morgan fingerprint density at radius 1 is 1.15 bits per heavy atom. The normalized spacial score (nSPS) is 15.6. The Kier molecular flexibility index (Phi) is 6.90. The van der Waals surface area contributed by atoms with Gasteiger partial charge in [-0.2, -0.15) is 0 Å². The standard InChI is InChI=1S/C25H23ClN2O5S/c1-5-33-24(30)21-14(2)27-25-28(22(21)16-8-11-18(31-3)19(13-16)32-4)23(29)20(34-25)12-15-6-9-17(26)10-7-15/h6-13,22H,5H2,1-4H3/b20-12+. The van der Waals surface area contributed by atoms with Crippen molar-refractivity contribution in [3.05, 3.63) is 89.6 Å². The molecule has 0 bridgehead atoms. The van der Waals surface area contributed by atoms with E-state index in [1.54, 1.807) is 57.4 Å². The molecule has 0 amide bonds. The zero-order chi connectivity index (χ0) is 24.4. The Hall–Kier alpha value is -3.36. The molecule has 7 nitrogen and oxygen atoms in total. The lowest BCUT2D eigenvalue weighted by Crippen LogP contribution is -2.39. The Morgan fingerprint density at radius 3 is 2.50 bits per heavy atom. The highest BCUT2D eigenvalue weighted by atomic mass is 35.5. The van der Waals surface area contributed by atoms with E-state index in [4.69, 9.17) is 25.8 Å². The van der Waals surface area contributed by atoms with Crippen molar-refractivity contribution in [2.24, 2.45) is 4.99 Å². The van der Waals surface area contributed by atoms with Gasteiger partial charge in [0.2, 0.25) is 0 Å². The van der Waals surface area contributed by atoms with Gasteiger partial charge in [-0.3, -0.25) is 9.36 Å². The van der Waals surface area contributed by atoms with E-state index < -0.39 is 12.0 Å². The number of hydrogen-bond acceptors (Lipinski definition) is 7. The van der Waals surface area contributed by atoms with Gasteiger partial charge in [0.05, 0.1) is 42.7 Å². The molecule has 9 heteroatoms. The van der Waals surface area contributed by atoms with Crippen LogP contribution in [0, 0.1) is 0 Å². The van der Waals surface area contributed by atoms with Crippen LogP contribution in [0.1, 0.15) is 31.0 Å². The number of benzene rings is 2. The van der Waals surface area contributed by atoms with Gasteiger partial charge < -0.3 is 14.2 Å². The number of nitrogens with zero attached hydrogens (tertiary/aromatic N) is 2. The number of carbonyl (C=O) groups is 1. The molecular formula is C25H23ClN2O5S. The van der Waals surface area contributed by atoms with Crippen LogP contribution in [0.15, 0.2) is 63.5 Å². The van der Waals surface area contributed by atoms with E-state index in [9.17, 15) is 9.59 Å². The summed E-state index contributed by atoms with van der Waals surface area (Å²) in [5, 5.41) is 0.613. The summed E-state index contributed by atoms with van der Waals surface area (Å²) in [5.74, 6) is 0.511. The average molecular weight is 499 g/mol. The van der Waals surface area contributed by atoms with Crippen LogP contribution in [0.5, 0.6) is 11.5 Å². The molecule has 0 spiro atoms. The van der Waals surface area contributed by atoms with Crippen molar-refractivity contribution >= 4 is 35.0 Å². The van der Waals surface area contributed by atoms with Gasteiger partial charge in [0.25, 0.3) is 5.56 Å². The molecule has 1 aliphatic heterocycles. The second kappa shape index (κ2) is 9.87. The average Bonchev–Trinajstić information content (AvgIpc) is 3.13. The van der Waals surface area contributed by atoms with Gasteiger partial charge in [-0.15, -0.1) is 0 Å². The number of hydrogen-bond donors (Lipinski definition) is 0. The minimum atomic E-state index is -0.734. The van der Waals surface area contributed by atoms with Crippen LogP contribution in [0.25, 0.3) is 6.08 Å². The number of carbonyl (C=O) groups excluding carboxylic acids is 1. The highest BCUT2D eigenvalue weighted by Gasteiger charge is 2.33. The maximum Gasteiger partial charge on any atom is 0.338 e. The summed E-state index contributed by atoms with van der Waals surface area (Å²) in [5.41, 5.74) is 2.05. The lowest BCUT2D eigenvalue weighted by atomic mass is 9.95. The fourth-order valence-corrected chi connectivity index (χ4v) is 5.01. The molecule has 0 N–H and O–H groups in total. The Labute approximate surface area is 205 Å². The van der Waals surface area contributed by atoms with E-state index in [1.165, 1.54) is 23.0 Å². The third kappa shape index (κ3) is 4.38. The van der Waals surface area contributed by atoms with E-state index in [0.717, 1.165) is 5.56 Å². The van der Waals surface area contributed by atoms with Crippen molar-refractivity contribution in [1.82, 2.24) is 4.57 Å². The molecule has 176 valence electrons. The predicted octanol–water partition coefficient (Wildman–Crippen LogP) is 3.47. The third-order valence-electron chi connectivity index (χ3n) is 5.41. The van der Waals surface area contributed by atoms with Crippen molar-refractivity contribution in [1.29, 1.82) is 0 Å². The summed E-state index contributed by atoms with van der Waals surface area (Å²) in [4.78, 5) is 31.7. The zero-order valence-electron chi connectivity index (χ0n) is 19.1. The SMILES string of the molecule is CCOC(=O)C1=C(C)N=c2s/c(=C/c3ccc(Cl)cc3)c(=O)n2C1c1ccc(OC)c(OC)c1. The Bertz CT molecular complexity index is 1450. The number of thiazole rings is 1. The van der Waals surface area contributed by atoms with Crippen LogP contribution in [-0.2, 0) is 9.53 Å². The smallest absolute Gasteiger partial charge is 0.338 e. The van der Waals surface area contributed by atoms with Crippen LogP contribution >= 0.6 is 22.9 Å². The van der Waals surface area contributed by atoms with Crippen molar-refractivity contribution in [3.63, 3.8) is 0 Å². The van der Waals surface area contributed by atoms with Gasteiger partial charge in [0.15, 0.2) is 16.3 Å². The molecule has 0 aliphatic carbocycles. The third-order valence-corrected chi connectivity index (χ3v) is 6.64. The lowest BCUT2D eigenvalue weighted by molar-refractivity contribution is -0.139. The van der Waals surface area contributed by atoms with Crippen LogP contribution in [-0.4, -0.2) is 31.4 Å². The molecule has 0 saturated heterocycles. The summed E-state index contributed by atoms with van der Waals surface area (Å²) in [6.07, 6.45) is 1.79.